The van der Waals surface area contributed by atoms with E-state index in [4.69, 9.17) is 0 Å². The second-order valence-corrected chi connectivity index (χ2v) is 5.32. The Balaban J connectivity index is 4.61. The predicted octanol–water partition coefficient (Wildman–Crippen LogP) is 1.74. The van der Waals surface area contributed by atoms with E-state index in [1.165, 1.54) is 6.92 Å². The molecule has 0 aromatic carbocycles. The summed E-state index contributed by atoms with van der Waals surface area (Å²) in [6.45, 7) is 1.96. The lowest BCUT2D eigenvalue weighted by Crippen LogP contribution is -2.47. The van der Waals surface area contributed by atoms with Crippen molar-refractivity contribution in [3.63, 3.8) is 0 Å². The van der Waals surface area contributed by atoms with Gasteiger partial charge in [0.15, 0.2) is 10.1 Å². The highest BCUT2D eigenvalue weighted by atomic mass is 32.2. The van der Waals surface area contributed by atoms with Gasteiger partial charge in [0.05, 0.1) is 18.9 Å². The molecule has 0 rings (SSSR count). The van der Waals surface area contributed by atoms with Gasteiger partial charge in [0.1, 0.15) is 0 Å². The van der Waals surface area contributed by atoms with Crippen LogP contribution >= 0.6 is 0 Å². The predicted molar refractivity (Wildman–Crippen MR) is 54.6 cm³/mol. The average molecular weight is 309 g/mol. The highest BCUT2D eigenvalue weighted by molar-refractivity contribution is 7.86. The normalized spacial score (nSPS) is 15.1. The summed E-state index contributed by atoms with van der Waals surface area (Å²) in [6.07, 6.45) is -1.40. The molecule has 19 heavy (non-hydrogen) atoms. The van der Waals surface area contributed by atoms with E-state index in [1.54, 1.807) is 6.92 Å². The third kappa shape index (κ3) is 4.30. The van der Waals surface area contributed by atoms with Gasteiger partial charge in [0.2, 0.25) is 0 Å². The number of alkyl halides is 4. The van der Waals surface area contributed by atoms with E-state index in [2.05, 4.69) is 4.74 Å². The maximum atomic E-state index is 12.9. The SMILES string of the molecule is CCC(C)C(=O)OCCC(F)(F)C(F)(F)S(=O)(=O)[O-]. The largest absolute Gasteiger partial charge is 0.743 e. The summed E-state index contributed by atoms with van der Waals surface area (Å²) in [5, 5.41) is -5.75. The summed E-state index contributed by atoms with van der Waals surface area (Å²) in [4.78, 5) is 11.1. The van der Waals surface area contributed by atoms with E-state index in [0.29, 0.717) is 6.42 Å². The molecule has 0 N–H and O–H groups in total. The number of esters is 1. The number of hydrogen-bond donors (Lipinski definition) is 0. The lowest BCUT2D eigenvalue weighted by Gasteiger charge is -2.28. The van der Waals surface area contributed by atoms with Crippen LogP contribution in [0.4, 0.5) is 17.6 Å². The van der Waals surface area contributed by atoms with E-state index < -0.39 is 46.2 Å². The lowest BCUT2D eigenvalue weighted by molar-refractivity contribution is -0.176. The van der Waals surface area contributed by atoms with Gasteiger partial charge in [-0.25, -0.2) is 8.42 Å². The molecule has 0 radical (unpaired) electrons. The molecule has 1 atom stereocenters. The van der Waals surface area contributed by atoms with Crippen LogP contribution in [-0.2, 0) is 19.6 Å². The van der Waals surface area contributed by atoms with Crippen LogP contribution in [0.15, 0.2) is 0 Å². The Morgan fingerprint density at radius 3 is 2.16 bits per heavy atom. The average Bonchev–Trinajstić information content (AvgIpc) is 2.25. The molecule has 0 aliphatic carbocycles. The van der Waals surface area contributed by atoms with Crippen LogP contribution in [0.25, 0.3) is 0 Å². The number of halogens is 4. The summed E-state index contributed by atoms with van der Waals surface area (Å²) in [5.74, 6) is -6.58. The van der Waals surface area contributed by atoms with Crippen LogP contribution < -0.4 is 0 Å². The molecule has 0 aliphatic rings. The fourth-order valence-electron chi connectivity index (χ4n) is 0.917. The van der Waals surface area contributed by atoms with Gasteiger partial charge < -0.3 is 9.29 Å². The molecule has 5 nitrogen and oxygen atoms in total. The van der Waals surface area contributed by atoms with Gasteiger partial charge in [-0.05, 0) is 6.42 Å². The summed E-state index contributed by atoms with van der Waals surface area (Å²) in [7, 11) is -6.51. The minimum Gasteiger partial charge on any atom is -0.743 e. The molecule has 0 fully saturated rings. The molecule has 114 valence electrons. The smallest absolute Gasteiger partial charge is 0.396 e. The zero-order valence-electron chi connectivity index (χ0n) is 10.2. The van der Waals surface area contributed by atoms with Crippen LogP contribution in [0.1, 0.15) is 26.7 Å². The lowest BCUT2D eigenvalue weighted by atomic mass is 10.1. The Labute approximate surface area is 107 Å². The van der Waals surface area contributed by atoms with Gasteiger partial charge in [-0.3, -0.25) is 4.79 Å². The van der Waals surface area contributed by atoms with Crippen molar-refractivity contribution in [3.05, 3.63) is 0 Å². The molecule has 0 saturated heterocycles. The number of hydrogen-bond acceptors (Lipinski definition) is 5. The zero-order valence-corrected chi connectivity index (χ0v) is 11.0. The highest BCUT2D eigenvalue weighted by Gasteiger charge is 2.61. The van der Waals surface area contributed by atoms with Crippen molar-refractivity contribution in [1.82, 2.24) is 0 Å². The Hall–Kier alpha value is -0.900. The third-order valence-corrected chi connectivity index (χ3v) is 3.34. The molecular formula is C9H13F4O5S-. The molecular weight excluding hydrogens is 296 g/mol. The quantitative estimate of drug-likeness (QED) is 0.406. The fraction of sp³-hybridized carbons (Fsp3) is 0.889. The van der Waals surface area contributed by atoms with Gasteiger partial charge in [-0.15, -0.1) is 0 Å². The molecule has 0 aliphatic heterocycles. The standard InChI is InChI=1S/C9H14F4O5S/c1-3-6(2)7(14)18-5-4-8(10,11)9(12,13)19(15,16)17/h6H,3-5H2,1-2H3,(H,15,16,17)/p-1. The van der Waals surface area contributed by atoms with Gasteiger partial charge >= 0.3 is 17.1 Å². The number of ether oxygens (including phenoxy) is 1. The Kier molecular flexibility index (Phi) is 5.75. The molecule has 0 aromatic heterocycles. The van der Waals surface area contributed by atoms with E-state index >= 15 is 0 Å². The minimum atomic E-state index is -6.51. The maximum absolute atomic E-state index is 12.9. The highest BCUT2D eigenvalue weighted by Crippen LogP contribution is 2.40. The molecule has 0 saturated carbocycles. The first kappa shape index (κ1) is 18.1. The second-order valence-electron chi connectivity index (χ2n) is 3.90. The maximum Gasteiger partial charge on any atom is 0.396 e. The van der Waals surface area contributed by atoms with E-state index in [-0.39, 0.29) is 0 Å². The monoisotopic (exact) mass is 309 g/mol. The van der Waals surface area contributed by atoms with Crippen molar-refractivity contribution in [3.8, 4) is 0 Å². The first-order valence-corrected chi connectivity index (χ1v) is 6.65. The van der Waals surface area contributed by atoms with Crippen LogP contribution in [0.3, 0.4) is 0 Å². The van der Waals surface area contributed by atoms with Crippen molar-refractivity contribution < 1.29 is 40.1 Å². The first-order valence-electron chi connectivity index (χ1n) is 5.24. The van der Waals surface area contributed by atoms with Crippen LogP contribution in [0.2, 0.25) is 0 Å². The Bertz CT molecular complexity index is 420. The van der Waals surface area contributed by atoms with Gasteiger partial charge in [0, 0.05) is 0 Å². The van der Waals surface area contributed by atoms with Gasteiger partial charge in [-0.1, -0.05) is 13.8 Å². The van der Waals surface area contributed by atoms with Crippen molar-refractivity contribution >= 4 is 16.1 Å². The minimum absolute atomic E-state index is 0.361. The number of carbonyl (C=O) groups excluding carboxylic acids is 1. The Morgan fingerprint density at radius 1 is 1.32 bits per heavy atom. The van der Waals surface area contributed by atoms with Crippen molar-refractivity contribution in [2.24, 2.45) is 5.92 Å². The number of rotatable bonds is 7. The van der Waals surface area contributed by atoms with Crippen molar-refractivity contribution in [2.45, 2.75) is 37.9 Å². The van der Waals surface area contributed by atoms with Crippen molar-refractivity contribution in [2.75, 3.05) is 6.61 Å². The fourth-order valence-corrected chi connectivity index (χ4v) is 1.38. The van der Waals surface area contributed by atoms with Crippen molar-refractivity contribution in [1.29, 1.82) is 0 Å². The van der Waals surface area contributed by atoms with Crippen LogP contribution in [0, 0.1) is 5.92 Å². The summed E-state index contributed by atoms with van der Waals surface area (Å²) < 4.78 is 85.6. The molecule has 0 amide bonds. The van der Waals surface area contributed by atoms with E-state index in [0.717, 1.165) is 0 Å². The van der Waals surface area contributed by atoms with Crippen LogP contribution in [-0.4, -0.2) is 36.7 Å². The molecule has 1 unspecified atom stereocenters. The third-order valence-electron chi connectivity index (χ3n) is 2.41. The van der Waals surface area contributed by atoms with Crippen LogP contribution in [0.5, 0.6) is 0 Å². The second kappa shape index (κ2) is 6.04. The first-order chi connectivity index (χ1) is 8.37. The molecule has 0 aromatic rings. The van der Waals surface area contributed by atoms with Gasteiger partial charge in [0.25, 0.3) is 0 Å². The van der Waals surface area contributed by atoms with Gasteiger partial charge in [-0.2, -0.15) is 17.6 Å². The zero-order chi connectivity index (χ0) is 15.5. The molecule has 0 bridgehead atoms. The molecule has 0 heterocycles. The van der Waals surface area contributed by atoms with E-state index in [9.17, 15) is 35.3 Å². The Morgan fingerprint density at radius 2 is 1.79 bits per heavy atom. The topological polar surface area (TPSA) is 83.5 Å². The summed E-state index contributed by atoms with van der Waals surface area (Å²) in [6, 6.07) is 0. The molecule has 0 spiro atoms. The van der Waals surface area contributed by atoms with E-state index in [1.807, 2.05) is 0 Å². The molecule has 10 heteroatoms. The number of carbonyl (C=O) groups is 1. The summed E-state index contributed by atoms with van der Waals surface area (Å²) in [5.41, 5.74) is 0. The summed E-state index contributed by atoms with van der Waals surface area (Å²) >= 11 is 0.